The van der Waals surface area contributed by atoms with Crippen molar-refractivity contribution in [2.75, 3.05) is 19.8 Å². The number of ether oxygens (including phenoxy) is 1. The molecule has 0 saturated carbocycles. The van der Waals surface area contributed by atoms with Crippen molar-refractivity contribution in [3.8, 4) is 0 Å². The van der Waals surface area contributed by atoms with Gasteiger partial charge < -0.3 is 14.1 Å². The van der Waals surface area contributed by atoms with Crippen LogP contribution < -0.4 is 0 Å². The molecule has 0 N–H and O–H groups in total. The second-order valence-electron chi connectivity index (χ2n) is 4.65. The Bertz CT molecular complexity index is 622. The molecule has 106 valence electrons. The minimum Gasteiger partial charge on any atom is -0.438 e. The van der Waals surface area contributed by atoms with E-state index in [1.807, 2.05) is 12.3 Å². The molecule has 0 aliphatic carbocycles. The van der Waals surface area contributed by atoms with E-state index in [1.54, 1.807) is 23.2 Å². The Balaban J connectivity index is 1.89. The lowest BCUT2D eigenvalue weighted by atomic mass is 10.1. The van der Waals surface area contributed by atoms with Crippen molar-refractivity contribution in [2.45, 2.75) is 19.9 Å². The zero-order valence-electron chi connectivity index (χ0n) is 11.3. The van der Waals surface area contributed by atoms with Crippen LogP contribution in [0.5, 0.6) is 0 Å². The Hall–Kier alpha value is -1.73. The lowest BCUT2D eigenvalue weighted by Crippen LogP contribution is -2.43. The Morgan fingerprint density at radius 3 is 3.00 bits per heavy atom. The van der Waals surface area contributed by atoms with Gasteiger partial charge in [0.1, 0.15) is 0 Å². The first-order valence-corrected chi connectivity index (χ1v) is 7.25. The van der Waals surface area contributed by atoms with Crippen LogP contribution in [0.3, 0.4) is 0 Å². The van der Waals surface area contributed by atoms with Crippen LogP contribution in [-0.4, -0.2) is 40.5 Å². The number of nitrogens with zero attached hydrogens (tertiary/aromatic N) is 3. The molecule has 6 nitrogen and oxygen atoms in total. The van der Waals surface area contributed by atoms with E-state index in [0.29, 0.717) is 31.2 Å². The van der Waals surface area contributed by atoms with Gasteiger partial charge in [-0.05, 0) is 13.8 Å². The number of carbonyl (C=O) groups excluding carboxylic acids is 1. The summed E-state index contributed by atoms with van der Waals surface area (Å²) in [5.74, 6) is 0.141. The predicted octanol–water partition coefficient (Wildman–Crippen LogP) is 1.96. The number of hydrogen-bond acceptors (Lipinski definition) is 6. The molecule has 2 aromatic heterocycles. The second kappa shape index (κ2) is 5.34. The summed E-state index contributed by atoms with van der Waals surface area (Å²) in [6, 6.07) is -0.161. The van der Waals surface area contributed by atoms with Gasteiger partial charge in [-0.2, -0.15) is 0 Å². The lowest BCUT2D eigenvalue weighted by Gasteiger charge is -2.34. The fraction of sp³-hybridized carbons (Fsp3) is 0.462. The van der Waals surface area contributed by atoms with Crippen LogP contribution in [0.1, 0.15) is 33.0 Å². The van der Waals surface area contributed by atoms with Crippen LogP contribution in [-0.2, 0) is 4.74 Å². The summed E-state index contributed by atoms with van der Waals surface area (Å²) in [5.41, 5.74) is 1.48. The Kier molecular flexibility index (Phi) is 3.54. The number of rotatable bonds is 2. The van der Waals surface area contributed by atoms with Gasteiger partial charge in [-0.1, -0.05) is 0 Å². The molecule has 1 saturated heterocycles. The molecule has 1 aliphatic rings. The van der Waals surface area contributed by atoms with E-state index in [-0.39, 0.29) is 11.9 Å². The maximum Gasteiger partial charge on any atom is 0.292 e. The van der Waals surface area contributed by atoms with Gasteiger partial charge in [0.25, 0.3) is 5.91 Å². The van der Waals surface area contributed by atoms with Crippen molar-refractivity contribution in [1.29, 1.82) is 0 Å². The van der Waals surface area contributed by atoms with Crippen LogP contribution >= 0.6 is 11.3 Å². The van der Waals surface area contributed by atoms with Crippen molar-refractivity contribution in [2.24, 2.45) is 0 Å². The fourth-order valence-corrected chi connectivity index (χ4v) is 2.92. The number of aromatic nitrogens is 2. The molecular weight excluding hydrogens is 278 g/mol. The monoisotopic (exact) mass is 293 g/mol. The summed E-state index contributed by atoms with van der Waals surface area (Å²) in [5, 5.41) is 2.95. The highest BCUT2D eigenvalue weighted by Crippen LogP contribution is 2.27. The molecule has 1 atom stereocenters. The highest BCUT2D eigenvalue weighted by Gasteiger charge is 2.33. The van der Waals surface area contributed by atoms with Crippen molar-refractivity contribution >= 4 is 17.2 Å². The van der Waals surface area contributed by atoms with Crippen LogP contribution in [0.15, 0.2) is 16.2 Å². The van der Waals surface area contributed by atoms with Gasteiger partial charge in [-0.3, -0.25) is 4.79 Å². The van der Waals surface area contributed by atoms with Gasteiger partial charge in [0, 0.05) is 11.9 Å². The van der Waals surface area contributed by atoms with E-state index in [4.69, 9.17) is 9.15 Å². The van der Waals surface area contributed by atoms with E-state index in [2.05, 4.69) is 9.97 Å². The first kappa shape index (κ1) is 13.3. The highest BCUT2D eigenvalue weighted by atomic mass is 32.1. The summed E-state index contributed by atoms with van der Waals surface area (Å²) in [6.07, 6.45) is 1.30. The number of thiazole rings is 1. The van der Waals surface area contributed by atoms with Crippen molar-refractivity contribution in [1.82, 2.24) is 14.9 Å². The van der Waals surface area contributed by atoms with Crippen LogP contribution in [0, 0.1) is 13.8 Å². The summed E-state index contributed by atoms with van der Waals surface area (Å²) >= 11 is 1.57. The minimum atomic E-state index is -0.161. The number of oxazole rings is 1. The molecule has 2 aromatic rings. The summed E-state index contributed by atoms with van der Waals surface area (Å²) in [6.45, 7) is 5.23. The Labute approximate surface area is 120 Å². The molecule has 7 heteroatoms. The molecule has 0 bridgehead atoms. The summed E-state index contributed by atoms with van der Waals surface area (Å²) < 4.78 is 10.7. The van der Waals surface area contributed by atoms with Crippen LogP contribution in [0.25, 0.3) is 0 Å². The van der Waals surface area contributed by atoms with E-state index in [9.17, 15) is 4.79 Å². The third kappa shape index (κ3) is 2.34. The molecule has 1 aliphatic heterocycles. The molecule has 3 heterocycles. The van der Waals surface area contributed by atoms with E-state index in [0.717, 1.165) is 10.7 Å². The average Bonchev–Trinajstić information content (AvgIpc) is 3.07. The quantitative estimate of drug-likeness (QED) is 0.846. The molecule has 3 rings (SSSR count). The zero-order chi connectivity index (χ0) is 14.1. The molecule has 0 spiro atoms. The van der Waals surface area contributed by atoms with Crippen LogP contribution in [0.2, 0.25) is 0 Å². The number of carbonyl (C=O) groups is 1. The molecular formula is C13H15N3O3S. The Morgan fingerprint density at radius 1 is 1.50 bits per heavy atom. The second-order valence-corrected chi connectivity index (χ2v) is 5.71. The maximum atomic E-state index is 12.6. The predicted molar refractivity (Wildman–Crippen MR) is 72.7 cm³/mol. The highest BCUT2D eigenvalue weighted by molar-refractivity contribution is 7.09. The molecule has 1 amide bonds. The van der Waals surface area contributed by atoms with Gasteiger partial charge in [0.05, 0.1) is 35.7 Å². The normalized spacial score (nSPS) is 19.3. The number of amides is 1. The summed E-state index contributed by atoms with van der Waals surface area (Å²) in [7, 11) is 0. The molecule has 1 fully saturated rings. The molecule has 20 heavy (non-hydrogen) atoms. The number of aryl methyl sites for hydroxylation is 2. The largest absolute Gasteiger partial charge is 0.438 e. The standard InChI is InChI=1S/C13H15N3O3S/c1-8-12(19-7-14-8)13(17)16-3-4-18-5-11(16)10-6-20-9(2)15-10/h6-7,11H,3-5H2,1-2H3/t11-/m1/s1. The molecule has 0 radical (unpaired) electrons. The van der Waals surface area contributed by atoms with Gasteiger partial charge in [0.15, 0.2) is 6.39 Å². The maximum absolute atomic E-state index is 12.6. The van der Waals surface area contributed by atoms with E-state index < -0.39 is 0 Å². The van der Waals surface area contributed by atoms with Gasteiger partial charge >= 0.3 is 0 Å². The van der Waals surface area contributed by atoms with Crippen molar-refractivity contribution in [3.63, 3.8) is 0 Å². The van der Waals surface area contributed by atoms with Gasteiger partial charge in [-0.15, -0.1) is 11.3 Å². The minimum absolute atomic E-state index is 0.154. The summed E-state index contributed by atoms with van der Waals surface area (Å²) in [4.78, 5) is 22.8. The Morgan fingerprint density at radius 2 is 2.35 bits per heavy atom. The van der Waals surface area contributed by atoms with E-state index in [1.165, 1.54) is 6.39 Å². The average molecular weight is 293 g/mol. The number of hydrogen-bond donors (Lipinski definition) is 0. The molecule has 0 aromatic carbocycles. The third-order valence-corrected chi connectivity index (χ3v) is 4.10. The third-order valence-electron chi connectivity index (χ3n) is 3.31. The van der Waals surface area contributed by atoms with E-state index >= 15 is 0 Å². The van der Waals surface area contributed by atoms with Crippen molar-refractivity contribution < 1.29 is 13.9 Å². The van der Waals surface area contributed by atoms with Crippen LogP contribution in [0.4, 0.5) is 0 Å². The van der Waals surface area contributed by atoms with Crippen molar-refractivity contribution in [3.05, 3.63) is 33.9 Å². The molecule has 0 unspecified atom stereocenters. The van der Waals surface area contributed by atoms with Gasteiger partial charge in [0.2, 0.25) is 5.76 Å². The first-order chi connectivity index (χ1) is 9.66. The first-order valence-electron chi connectivity index (χ1n) is 6.37. The zero-order valence-corrected chi connectivity index (χ0v) is 12.1. The SMILES string of the molecule is Cc1nc([C@H]2COCCN2C(=O)c2ocnc2C)cs1. The fourth-order valence-electron chi connectivity index (χ4n) is 2.26. The lowest BCUT2D eigenvalue weighted by molar-refractivity contribution is -0.00536. The topological polar surface area (TPSA) is 68.5 Å². The van der Waals surface area contributed by atoms with Gasteiger partial charge in [-0.25, -0.2) is 9.97 Å². The number of morpholine rings is 1. The smallest absolute Gasteiger partial charge is 0.292 e.